The van der Waals surface area contributed by atoms with E-state index in [-0.39, 0.29) is 36.1 Å². The van der Waals surface area contributed by atoms with Gasteiger partial charge < -0.3 is 19.9 Å². The van der Waals surface area contributed by atoms with Gasteiger partial charge in [-0.05, 0) is 34.6 Å². The molecule has 1 saturated heterocycles. The predicted molar refractivity (Wildman–Crippen MR) is 116 cm³/mol. The summed E-state index contributed by atoms with van der Waals surface area (Å²) >= 11 is 0. The van der Waals surface area contributed by atoms with Crippen LogP contribution in [0.2, 0.25) is 0 Å². The van der Waals surface area contributed by atoms with E-state index in [0.717, 1.165) is 18.2 Å². The number of amides is 1. The number of aromatic nitrogens is 2. The average molecular weight is 490 g/mol. The van der Waals surface area contributed by atoms with E-state index in [4.69, 9.17) is 4.74 Å². The summed E-state index contributed by atoms with van der Waals surface area (Å²) in [5.41, 5.74) is 2.96. The van der Waals surface area contributed by atoms with E-state index in [1.54, 1.807) is 4.90 Å². The van der Waals surface area contributed by atoms with Crippen molar-refractivity contribution in [1.82, 2.24) is 24.9 Å². The normalized spacial score (nSPS) is 19.3. The van der Waals surface area contributed by atoms with Gasteiger partial charge in [-0.3, -0.25) is 9.67 Å². The van der Waals surface area contributed by atoms with E-state index < -0.39 is 5.60 Å². The summed E-state index contributed by atoms with van der Waals surface area (Å²) in [5, 5.41) is 7.92. The first-order valence-corrected chi connectivity index (χ1v) is 9.17. The smallest absolute Gasteiger partial charge is 0.410 e. The summed E-state index contributed by atoms with van der Waals surface area (Å²) in [7, 11) is 1.96. The second kappa shape index (κ2) is 8.24. The van der Waals surface area contributed by atoms with Gasteiger partial charge in [-0.2, -0.15) is 5.10 Å². The molecule has 1 amide bonds. The van der Waals surface area contributed by atoms with Crippen molar-refractivity contribution in [2.24, 2.45) is 12.0 Å². The lowest BCUT2D eigenvalue weighted by molar-refractivity contribution is 0.0137. The zero-order chi connectivity index (χ0) is 19.1. The number of nitrogens with one attached hydrogen (secondary N) is 1. The number of carbonyl (C=O) groups excluding carboxylic acids is 1. The molecule has 9 heteroatoms. The summed E-state index contributed by atoms with van der Waals surface area (Å²) in [6.07, 6.45) is -0.236. The van der Waals surface area contributed by atoms with Crippen molar-refractivity contribution in [2.45, 2.75) is 52.8 Å². The molecule has 27 heavy (non-hydrogen) atoms. The maximum Gasteiger partial charge on any atom is 0.410 e. The van der Waals surface area contributed by atoms with Crippen molar-refractivity contribution in [1.29, 1.82) is 0 Å². The van der Waals surface area contributed by atoms with Gasteiger partial charge in [-0.15, -0.1) is 24.0 Å². The molecule has 0 saturated carbocycles. The molecule has 0 aromatic carbocycles. The molecule has 2 aliphatic heterocycles. The molecule has 1 unspecified atom stereocenters. The number of nitrogens with zero attached hydrogens (tertiary/aromatic N) is 5. The number of piperazine rings is 1. The van der Waals surface area contributed by atoms with E-state index in [0.29, 0.717) is 26.2 Å². The number of halogens is 1. The minimum atomic E-state index is -0.466. The molecule has 2 aliphatic rings. The van der Waals surface area contributed by atoms with Gasteiger partial charge in [0.25, 0.3) is 0 Å². The van der Waals surface area contributed by atoms with Crippen molar-refractivity contribution in [3.8, 4) is 0 Å². The second-order valence-corrected chi connectivity index (χ2v) is 8.06. The van der Waals surface area contributed by atoms with Crippen LogP contribution in [0, 0.1) is 13.8 Å². The number of ether oxygens (including phenoxy) is 1. The lowest BCUT2D eigenvalue weighted by atomic mass is 10.2. The fourth-order valence-electron chi connectivity index (χ4n) is 3.46. The Labute approximate surface area is 178 Å². The summed E-state index contributed by atoms with van der Waals surface area (Å²) in [5.74, 6) is 0.918. The Balaban J connectivity index is 0.00000261. The molecule has 0 aliphatic carbocycles. The maximum absolute atomic E-state index is 12.3. The van der Waals surface area contributed by atoms with Crippen LogP contribution in [0.25, 0.3) is 0 Å². The van der Waals surface area contributed by atoms with Gasteiger partial charge >= 0.3 is 6.09 Å². The van der Waals surface area contributed by atoms with Crippen LogP contribution >= 0.6 is 24.0 Å². The van der Waals surface area contributed by atoms with Crippen LogP contribution in [0.3, 0.4) is 0 Å². The minimum Gasteiger partial charge on any atom is -0.444 e. The standard InChI is InChI=1S/C18H30N6O2.HI/c1-12-15(13(2)22(6)21-12)10-20-16-19-9-14-11-23(7-8-24(14)16)17(25)26-18(3,4)5;/h14H,7-11H2,1-6H3,(H,19,20);1H. The SMILES string of the molecule is Cc1nn(C)c(C)c1CNC1=NCC2CN(C(=O)OC(C)(C)C)CCN12.I. The van der Waals surface area contributed by atoms with E-state index in [2.05, 4.69) is 27.2 Å². The van der Waals surface area contributed by atoms with Crippen LogP contribution < -0.4 is 5.32 Å². The summed E-state index contributed by atoms with van der Waals surface area (Å²) in [4.78, 5) is 21.0. The highest BCUT2D eigenvalue weighted by atomic mass is 127. The number of rotatable bonds is 2. The van der Waals surface area contributed by atoms with Crippen LogP contribution in [0.4, 0.5) is 4.79 Å². The van der Waals surface area contributed by atoms with Gasteiger partial charge in [0.15, 0.2) is 5.96 Å². The number of hydrogen-bond donors (Lipinski definition) is 1. The lowest BCUT2D eigenvalue weighted by Gasteiger charge is -2.39. The quantitative estimate of drug-likeness (QED) is 0.643. The molecule has 1 atom stereocenters. The van der Waals surface area contributed by atoms with Crippen LogP contribution in [0.5, 0.6) is 0 Å². The first-order chi connectivity index (χ1) is 12.2. The molecule has 0 bridgehead atoms. The topological polar surface area (TPSA) is 75.0 Å². The average Bonchev–Trinajstić information content (AvgIpc) is 3.05. The monoisotopic (exact) mass is 490 g/mol. The first-order valence-electron chi connectivity index (χ1n) is 9.17. The Hall–Kier alpha value is -1.52. The molecule has 1 aromatic rings. The molecule has 8 nitrogen and oxygen atoms in total. The van der Waals surface area contributed by atoms with Crippen LogP contribution in [-0.2, 0) is 18.3 Å². The van der Waals surface area contributed by atoms with Crippen molar-refractivity contribution < 1.29 is 9.53 Å². The Morgan fingerprint density at radius 3 is 2.59 bits per heavy atom. The van der Waals surface area contributed by atoms with Gasteiger partial charge in [0.05, 0.1) is 18.3 Å². The molecule has 0 radical (unpaired) electrons. The molecule has 152 valence electrons. The summed E-state index contributed by atoms with van der Waals surface area (Å²) < 4.78 is 7.40. The van der Waals surface area contributed by atoms with Crippen LogP contribution in [0.1, 0.15) is 37.7 Å². The molecule has 1 fully saturated rings. The third-order valence-electron chi connectivity index (χ3n) is 4.94. The molecule has 1 N–H and O–H groups in total. The van der Waals surface area contributed by atoms with Crippen LogP contribution in [0.15, 0.2) is 4.99 Å². The Morgan fingerprint density at radius 2 is 2.00 bits per heavy atom. The Morgan fingerprint density at radius 1 is 1.30 bits per heavy atom. The summed E-state index contributed by atoms with van der Waals surface area (Å²) in [6, 6.07) is 0.217. The van der Waals surface area contributed by atoms with E-state index in [9.17, 15) is 4.79 Å². The molecule has 0 spiro atoms. The lowest BCUT2D eigenvalue weighted by Crippen LogP contribution is -2.57. The predicted octanol–water partition coefficient (Wildman–Crippen LogP) is 2.04. The highest BCUT2D eigenvalue weighted by Gasteiger charge is 2.36. The Bertz CT molecular complexity index is 724. The zero-order valence-corrected chi connectivity index (χ0v) is 19.4. The van der Waals surface area contributed by atoms with E-state index >= 15 is 0 Å². The molecule has 3 rings (SSSR count). The van der Waals surface area contributed by atoms with E-state index in [1.165, 1.54) is 11.3 Å². The van der Waals surface area contributed by atoms with Gasteiger partial charge in [0.2, 0.25) is 0 Å². The van der Waals surface area contributed by atoms with Gasteiger partial charge in [0, 0.05) is 44.5 Å². The number of aliphatic imine (C=N–C) groups is 1. The number of carbonyl (C=O) groups is 1. The third-order valence-corrected chi connectivity index (χ3v) is 4.94. The van der Waals surface area contributed by atoms with Gasteiger partial charge in [-0.1, -0.05) is 0 Å². The summed E-state index contributed by atoms with van der Waals surface area (Å²) in [6.45, 7) is 13.3. The number of fused-ring (bicyclic) bond motifs is 1. The molecular weight excluding hydrogens is 459 g/mol. The van der Waals surface area contributed by atoms with Crippen molar-refractivity contribution >= 4 is 36.0 Å². The minimum absolute atomic E-state index is 0. The largest absolute Gasteiger partial charge is 0.444 e. The Kier molecular flexibility index (Phi) is 6.64. The molecular formula is C18H31IN6O2. The highest BCUT2D eigenvalue weighted by molar-refractivity contribution is 14.0. The van der Waals surface area contributed by atoms with Crippen molar-refractivity contribution in [3.63, 3.8) is 0 Å². The fourth-order valence-corrected chi connectivity index (χ4v) is 3.46. The second-order valence-electron chi connectivity index (χ2n) is 8.06. The maximum atomic E-state index is 12.3. The van der Waals surface area contributed by atoms with Crippen molar-refractivity contribution in [3.05, 3.63) is 17.0 Å². The highest BCUT2D eigenvalue weighted by Crippen LogP contribution is 2.19. The molecule has 3 heterocycles. The first kappa shape index (κ1) is 21.8. The third kappa shape index (κ3) is 4.85. The van der Waals surface area contributed by atoms with Crippen LogP contribution in [-0.4, -0.2) is 69.5 Å². The fraction of sp³-hybridized carbons (Fsp3) is 0.722. The van der Waals surface area contributed by atoms with Gasteiger partial charge in [-0.25, -0.2) is 4.79 Å². The zero-order valence-electron chi connectivity index (χ0n) is 17.1. The van der Waals surface area contributed by atoms with E-state index in [1.807, 2.05) is 39.4 Å². The van der Waals surface area contributed by atoms with Crippen molar-refractivity contribution in [2.75, 3.05) is 26.2 Å². The number of guanidine groups is 1. The number of aryl methyl sites for hydroxylation is 2. The molecule has 1 aromatic heterocycles. The number of hydrogen-bond acceptors (Lipinski definition) is 6. The van der Waals surface area contributed by atoms with Gasteiger partial charge in [0.1, 0.15) is 5.60 Å².